The number of hydrogen-bond donors (Lipinski definition) is 0. The number of piperidine rings is 1. The molecular formula is C42H41Br2Cl2F2N13S2. The molecule has 328 valence electrons. The van der Waals surface area contributed by atoms with Gasteiger partial charge in [0.25, 0.3) is 0 Å². The molecule has 6 aromatic heterocycles. The van der Waals surface area contributed by atoms with Crippen LogP contribution in [0.25, 0.3) is 11.0 Å². The fraction of sp³-hybridized carbons (Fsp3) is 0.238. The van der Waals surface area contributed by atoms with Crippen LogP contribution in [0.5, 0.6) is 0 Å². The van der Waals surface area contributed by atoms with Crippen molar-refractivity contribution in [3.05, 3.63) is 136 Å². The van der Waals surface area contributed by atoms with Crippen molar-refractivity contribution in [2.24, 2.45) is 0 Å². The lowest BCUT2D eigenvalue weighted by Gasteiger charge is -2.35. The van der Waals surface area contributed by atoms with Gasteiger partial charge in [-0.2, -0.15) is 10.2 Å². The summed E-state index contributed by atoms with van der Waals surface area (Å²) in [5, 5.41) is 8.67. The Balaban J connectivity index is 0.000000172. The summed E-state index contributed by atoms with van der Waals surface area (Å²) in [6.45, 7) is 5.25. The number of rotatable bonds is 7. The van der Waals surface area contributed by atoms with Crippen molar-refractivity contribution in [1.29, 1.82) is 0 Å². The Morgan fingerprint density at radius 1 is 0.556 bits per heavy atom. The summed E-state index contributed by atoms with van der Waals surface area (Å²) in [5.74, 6) is 1.94. The maximum absolute atomic E-state index is 13.8. The summed E-state index contributed by atoms with van der Waals surface area (Å²) in [6.07, 6.45) is 17.5. The monoisotopic (exact) mass is 1060 g/mol. The molecule has 2 aromatic carbocycles. The lowest BCUT2D eigenvalue weighted by molar-refractivity contribution is 0.567. The van der Waals surface area contributed by atoms with E-state index in [0.29, 0.717) is 20.9 Å². The number of benzene rings is 2. The van der Waals surface area contributed by atoms with Gasteiger partial charge in [0.2, 0.25) is 11.9 Å². The van der Waals surface area contributed by atoms with E-state index in [1.807, 2.05) is 41.2 Å². The highest BCUT2D eigenvalue weighted by Crippen LogP contribution is 2.31. The third-order valence-electron chi connectivity index (χ3n) is 9.54. The van der Waals surface area contributed by atoms with Crippen LogP contribution in [-0.4, -0.2) is 88.4 Å². The van der Waals surface area contributed by atoms with Crippen molar-refractivity contribution in [3.8, 4) is 0 Å². The Bertz CT molecular complexity index is 2700. The number of hydrogen-bond acceptors (Lipinski definition) is 13. The molecule has 0 saturated carbocycles. The van der Waals surface area contributed by atoms with Gasteiger partial charge in [-0.05, 0) is 87.5 Å². The van der Waals surface area contributed by atoms with Crippen molar-refractivity contribution in [3.63, 3.8) is 0 Å². The molecule has 0 bridgehead atoms. The second-order valence-electron chi connectivity index (χ2n) is 13.6. The molecule has 0 radical (unpaired) electrons. The van der Waals surface area contributed by atoms with Gasteiger partial charge in [0, 0.05) is 105 Å². The van der Waals surface area contributed by atoms with Crippen LogP contribution in [-0.2, 0) is 0 Å². The smallest absolute Gasteiger partial charge is 0.225 e. The van der Waals surface area contributed by atoms with E-state index in [0.717, 1.165) is 80.8 Å². The maximum atomic E-state index is 13.8. The standard InChI is InChI=1S/C20H17BrFN7S.C15H16FN3S.C6H3BrClN3.CH4.ClH/c21-14-9-17-19(25-13-26-29(17)12-14)27-5-7-28(8-6-27)20-23-10-15(11-24-20)30-18-4-2-1-3-16(18)22;16-13-6-2-3-7-14(13)20-12-10-17-15(18-11-12)19-8-4-1-5-9-19;7-4-1-5-6(8)9-3-10-11(5)2-4;;/h1-4,9-13H,5-8H2;2-3,6-7,10-11H,1,4-5,8-9H2;1-3H;1H4;1H. The van der Waals surface area contributed by atoms with Crippen molar-refractivity contribution in [2.45, 2.75) is 46.3 Å². The first-order valence-electron chi connectivity index (χ1n) is 19.1. The fourth-order valence-corrected chi connectivity index (χ4v) is 9.13. The zero-order valence-corrected chi connectivity index (χ0v) is 39.1. The van der Waals surface area contributed by atoms with E-state index < -0.39 is 0 Å². The van der Waals surface area contributed by atoms with E-state index in [1.165, 1.54) is 61.2 Å². The van der Waals surface area contributed by atoms with Gasteiger partial charge < -0.3 is 14.7 Å². The largest absolute Gasteiger partial charge is 0.351 e. The van der Waals surface area contributed by atoms with Crippen molar-refractivity contribution in [1.82, 2.24) is 49.1 Å². The van der Waals surface area contributed by atoms with Crippen LogP contribution in [0.2, 0.25) is 5.15 Å². The second-order valence-corrected chi connectivity index (χ2v) is 18.1. The Labute approximate surface area is 399 Å². The quantitative estimate of drug-likeness (QED) is 0.151. The van der Waals surface area contributed by atoms with Gasteiger partial charge in [0.05, 0.1) is 0 Å². The minimum Gasteiger partial charge on any atom is -0.351 e. The topological polar surface area (TPSA) is 122 Å². The molecule has 0 atom stereocenters. The Morgan fingerprint density at radius 3 is 1.51 bits per heavy atom. The number of fused-ring (bicyclic) bond motifs is 2. The van der Waals surface area contributed by atoms with Crippen LogP contribution < -0.4 is 14.7 Å². The van der Waals surface area contributed by atoms with E-state index in [4.69, 9.17) is 11.6 Å². The summed E-state index contributed by atoms with van der Waals surface area (Å²) in [6, 6.07) is 17.3. The zero-order chi connectivity index (χ0) is 42.1. The van der Waals surface area contributed by atoms with Crippen LogP contribution in [0, 0.1) is 11.6 Å². The Morgan fingerprint density at radius 2 is 1.00 bits per heavy atom. The molecular weight excluding hydrogens is 1020 g/mol. The SMILES string of the molecule is C.Cl.Clc1ncnn2cc(Br)cc12.Fc1ccccc1Sc1cnc(N2CCCCC2)nc1.Fc1ccccc1Sc1cnc(N2CCN(c3ncnn4cc(Br)cc34)CC2)nc1. The van der Waals surface area contributed by atoms with Crippen LogP contribution in [0.3, 0.4) is 0 Å². The van der Waals surface area contributed by atoms with E-state index in [1.54, 1.807) is 59.9 Å². The molecule has 2 aliphatic rings. The molecule has 0 unspecified atom stereocenters. The van der Waals surface area contributed by atoms with Crippen LogP contribution >= 0.6 is 79.4 Å². The number of piperazine rings is 1. The fourth-order valence-electron chi connectivity index (χ4n) is 6.57. The Kier molecular flexibility index (Phi) is 17.3. The van der Waals surface area contributed by atoms with Crippen LogP contribution in [0.4, 0.5) is 26.5 Å². The number of aromatic nitrogens is 10. The number of anilines is 3. The molecule has 63 heavy (non-hydrogen) atoms. The van der Waals surface area contributed by atoms with Gasteiger partial charge in [-0.15, -0.1) is 12.4 Å². The lowest BCUT2D eigenvalue weighted by Crippen LogP contribution is -2.47. The van der Waals surface area contributed by atoms with Crippen LogP contribution in [0.15, 0.2) is 139 Å². The molecule has 21 heteroatoms. The number of halogens is 6. The summed E-state index contributed by atoms with van der Waals surface area (Å²) in [4.78, 5) is 35.6. The molecule has 8 heterocycles. The predicted octanol–water partition coefficient (Wildman–Crippen LogP) is 10.9. The molecule has 0 spiro atoms. The molecule has 2 saturated heterocycles. The molecule has 2 fully saturated rings. The van der Waals surface area contributed by atoms with E-state index in [-0.39, 0.29) is 31.5 Å². The minimum atomic E-state index is -0.239. The summed E-state index contributed by atoms with van der Waals surface area (Å²) in [5.41, 5.74) is 1.78. The third kappa shape index (κ3) is 12.3. The highest BCUT2D eigenvalue weighted by atomic mass is 79.9. The minimum absolute atomic E-state index is 0. The molecule has 8 aromatic rings. The molecule has 13 nitrogen and oxygen atoms in total. The van der Waals surface area contributed by atoms with Crippen LogP contribution in [0.1, 0.15) is 26.7 Å². The van der Waals surface area contributed by atoms with Gasteiger partial charge >= 0.3 is 0 Å². The lowest BCUT2D eigenvalue weighted by atomic mass is 10.1. The van der Waals surface area contributed by atoms with Gasteiger partial charge in [-0.3, -0.25) is 0 Å². The summed E-state index contributed by atoms with van der Waals surface area (Å²) < 4.78 is 32.8. The van der Waals surface area contributed by atoms with E-state index >= 15 is 0 Å². The molecule has 0 aliphatic carbocycles. The van der Waals surface area contributed by atoms with E-state index in [2.05, 4.69) is 86.7 Å². The van der Waals surface area contributed by atoms with Crippen molar-refractivity contribution >= 4 is 108 Å². The molecule has 10 rings (SSSR count). The first kappa shape index (κ1) is 47.8. The molecule has 2 aliphatic heterocycles. The second kappa shape index (κ2) is 22.8. The molecule has 0 amide bonds. The predicted molar refractivity (Wildman–Crippen MR) is 256 cm³/mol. The average molecular weight is 1060 g/mol. The Hall–Kier alpha value is -4.66. The van der Waals surface area contributed by atoms with Gasteiger partial charge in [-0.25, -0.2) is 47.7 Å². The highest BCUT2D eigenvalue weighted by Gasteiger charge is 2.22. The normalized spacial score (nSPS) is 13.6. The van der Waals surface area contributed by atoms with Gasteiger partial charge in [0.15, 0.2) is 11.0 Å². The summed E-state index contributed by atoms with van der Waals surface area (Å²) >= 11 is 15.3. The average Bonchev–Trinajstić information content (AvgIpc) is 3.88. The first-order valence-corrected chi connectivity index (χ1v) is 22.7. The zero-order valence-electron chi connectivity index (χ0n) is 32.7. The van der Waals surface area contributed by atoms with E-state index in [9.17, 15) is 8.78 Å². The van der Waals surface area contributed by atoms with Gasteiger partial charge in [-0.1, -0.05) is 66.8 Å². The summed E-state index contributed by atoms with van der Waals surface area (Å²) in [7, 11) is 0. The maximum Gasteiger partial charge on any atom is 0.225 e. The van der Waals surface area contributed by atoms with Crippen molar-refractivity contribution < 1.29 is 8.78 Å². The molecule has 0 N–H and O–H groups in total. The van der Waals surface area contributed by atoms with Gasteiger partial charge in [0.1, 0.15) is 35.3 Å². The number of nitrogens with zero attached hydrogens (tertiary/aromatic N) is 13. The first-order chi connectivity index (χ1) is 29.8. The highest BCUT2D eigenvalue weighted by molar-refractivity contribution is 9.10. The van der Waals surface area contributed by atoms with Crippen molar-refractivity contribution in [2.75, 3.05) is 54.0 Å². The third-order valence-corrected chi connectivity index (χ3v) is 12.7.